The summed E-state index contributed by atoms with van der Waals surface area (Å²) in [6.07, 6.45) is 5.42. The van der Waals surface area contributed by atoms with Crippen LogP contribution in [-0.4, -0.2) is 29.6 Å². The van der Waals surface area contributed by atoms with Crippen LogP contribution in [0.3, 0.4) is 0 Å². The summed E-state index contributed by atoms with van der Waals surface area (Å²) < 4.78 is 5.92. The first-order chi connectivity index (χ1) is 10.0. The maximum absolute atomic E-state index is 5.92. The van der Waals surface area contributed by atoms with E-state index in [1.165, 1.54) is 25.7 Å². The van der Waals surface area contributed by atoms with Crippen LogP contribution in [0, 0.1) is 12.8 Å². The van der Waals surface area contributed by atoms with E-state index in [1.807, 2.05) is 6.92 Å². The third kappa shape index (κ3) is 2.91. The molecule has 1 spiro atoms. The van der Waals surface area contributed by atoms with Crippen molar-refractivity contribution in [1.82, 2.24) is 10.2 Å². The Morgan fingerprint density at radius 1 is 1.24 bits per heavy atom. The lowest BCUT2D eigenvalue weighted by Crippen LogP contribution is -2.64. The summed E-state index contributed by atoms with van der Waals surface area (Å²) in [6, 6.07) is 5.20. The molecule has 0 bridgehead atoms. The Labute approximate surface area is 129 Å². The molecule has 1 aliphatic heterocycles. The molecule has 1 saturated heterocycles. The summed E-state index contributed by atoms with van der Waals surface area (Å²) in [7, 11) is 0. The highest BCUT2D eigenvalue weighted by atomic mass is 16.3. The smallest absolute Gasteiger partial charge is 0.121 e. The Morgan fingerprint density at radius 3 is 2.52 bits per heavy atom. The van der Waals surface area contributed by atoms with E-state index in [2.05, 4.69) is 43.1 Å². The molecule has 3 nitrogen and oxygen atoms in total. The van der Waals surface area contributed by atoms with E-state index in [9.17, 15) is 0 Å². The number of hydrogen-bond donors (Lipinski definition) is 1. The second-order valence-electron chi connectivity index (χ2n) is 7.48. The molecular formula is C18H30N2O. The van der Waals surface area contributed by atoms with Crippen LogP contribution in [0.2, 0.25) is 0 Å². The molecule has 1 aliphatic carbocycles. The fourth-order valence-electron chi connectivity index (χ4n) is 4.23. The molecule has 2 aliphatic rings. The molecule has 2 atom stereocenters. The van der Waals surface area contributed by atoms with Crippen LogP contribution in [0.15, 0.2) is 16.5 Å². The van der Waals surface area contributed by atoms with Gasteiger partial charge in [0.05, 0.1) is 6.04 Å². The summed E-state index contributed by atoms with van der Waals surface area (Å²) in [5.41, 5.74) is 0.362. The topological polar surface area (TPSA) is 28.4 Å². The lowest BCUT2D eigenvalue weighted by molar-refractivity contribution is 0.0199. The number of nitrogens with one attached hydrogen (secondary N) is 1. The average molecular weight is 290 g/mol. The average Bonchev–Trinajstić information content (AvgIpc) is 3.07. The first-order valence-corrected chi connectivity index (χ1v) is 8.58. The van der Waals surface area contributed by atoms with Gasteiger partial charge in [-0.05, 0) is 44.7 Å². The Hall–Kier alpha value is -0.800. The van der Waals surface area contributed by atoms with Crippen LogP contribution in [0.25, 0.3) is 0 Å². The Kier molecular flexibility index (Phi) is 4.15. The van der Waals surface area contributed by atoms with Crippen molar-refractivity contribution < 1.29 is 4.42 Å². The summed E-state index contributed by atoms with van der Waals surface area (Å²) in [5.74, 6) is 2.80. The molecule has 2 unspecified atom stereocenters. The van der Waals surface area contributed by atoms with Gasteiger partial charge in [-0.3, -0.25) is 4.90 Å². The van der Waals surface area contributed by atoms with E-state index < -0.39 is 0 Å². The van der Waals surface area contributed by atoms with Crippen LogP contribution in [0.1, 0.15) is 64.0 Å². The van der Waals surface area contributed by atoms with Crippen molar-refractivity contribution in [2.75, 3.05) is 13.1 Å². The van der Waals surface area contributed by atoms with E-state index in [0.717, 1.165) is 24.6 Å². The van der Waals surface area contributed by atoms with Crippen molar-refractivity contribution in [3.63, 3.8) is 0 Å². The van der Waals surface area contributed by atoms with E-state index >= 15 is 0 Å². The number of piperazine rings is 1. The van der Waals surface area contributed by atoms with Gasteiger partial charge in [-0.1, -0.05) is 26.7 Å². The van der Waals surface area contributed by atoms with E-state index in [-0.39, 0.29) is 0 Å². The van der Waals surface area contributed by atoms with Crippen LogP contribution in [0.4, 0.5) is 0 Å². The van der Waals surface area contributed by atoms with Crippen LogP contribution in [0.5, 0.6) is 0 Å². The number of hydrogen-bond acceptors (Lipinski definition) is 3. The minimum absolute atomic E-state index is 0.362. The van der Waals surface area contributed by atoms with Gasteiger partial charge in [0.25, 0.3) is 0 Å². The standard InChI is InChI=1S/C18H30N2O/c1-13(2)16-11-19-18(9-5-6-10-18)12-20(16)15(4)17-8-7-14(3)21-17/h7-8,13,15-16,19H,5-6,9-12H2,1-4H3. The molecule has 0 aromatic carbocycles. The summed E-state index contributed by atoms with van der Waals surface area (Å²) >= 11 is 0. The van der Waals surface area contributed by atoms with Gasteiger partial charge in [0.2, 0.25) is 0 Å². The second-order valence-corrected chi connectivity index (χ2v) is 7.48. The van der Waals surface area contributed by atoms with Gasteiger partial charge in [0.1, 0.15) is 11.5 Å². The van der Waals surface area contributed by atoms with Crippen molar-refractivity contribution in [3.05, 3.63) is 23.7 Å². The minimum atomic E-state index is 0.362. The Bertz CT molecular complexity index is 473. The zero-order valence-corrected chi connectivity index (χ0v) is 14.0. The molecule has 1 N–H and O–H groups in total. The van der Waals surface area contributed by atoms with Crippen LogP contribution >= 0.6 is 0 Å². The van der Waals surface area contributed by atoms with Gasteiger partial charge in [-0.15, -0.1) is 0 Å². The molecule has 2 heterocycles. The second kappa shape index (κ2) is 5.77. The third-order valence-electron chi connectivity index (χ3n) is 5.60. The number of nitrogens with zero attached hydrogens (tertiary/aromatic N) is 1. The third-order valence-corrected chi connectivity index (χ3v) is 5.60. The molecule has 1 saturated carbocycles. The van der Waals surface area contributed by atoms with Crippen LogP contribution in [-0.2, 0) is 0 Å². The molecule has 1 aromatic heterocycles. The van der Waals surface area contributed by atoms with E-state index in [1.54, 1.807) is 0 Å². The molecule has 21 heavy (non-hydrogen) atoms. The van der Waals surface area contributed by atoms with Crippen molar-refractivity contribution in [2.45, 2.75) is 71.0 Å². The first-order valence-electron chi connectivity index (χ1n) is 8.58. The largest absolute Gasteiger partial charge is 0.465 e. The summed E-state index contributed by atoms with van der Waals surface area (Å²) in [6.45, 7) is 11.3. The number of aryl methyl sites for hydroxylation is 1. The predicted octanol–water partition coefficient (Wildman–Crippen LogP) is 3.89. The maximum Gasteiger partial charge on any atom is 0.121 e. The van der Waals surface area contributed by atoms with Gasteiger partial charge >= 0.3 is 0 Å². The minimum Gasteiger partial charge on any atom is -0.465 e. The van der Waals surface area contributed by atoms with Gasteiger partial charge in [-0.2, -0.15) is 0 Å². The lowest BCUT2D eigenvalue weighted by atomic mass is 9.87. The SMILES string of the molecule is Cc1ccc(C(C)N2CC3(CCCC3)NCC2C(C)C)o1. The Balaban J connectivity index is 1.83. The maximum atomic E-state index is 5.92. The normalized spacial score (nSPS) is 27.6. The predicted molar refractivity (Wildman–Crippen MR) is 86.4 cm³/mol. The quantitative estimate of drug-likeness (QED) is 0.915. The fraction of sp³-hybridized carbons (Fsp3) is 0.778. The Morgan fingerprint density at radius 2 is 1.95 bits per heavy atom. The zero-order valence-electron chi connectivity index (χ0n) is 14.0. The van der Waals surface area contributed by atoms with E-state index in [4.69, 9.17) is 4.42 Å². The highest BCUT2D eigenvalue weighted by Gasteiger charge is 2.43. The van der Waals surface area contributed by atoms with Gasteiger partial charge in [0, 0.05) is 24.7 Å². The first kappa shape index (κ1) is 15.1. The number of furan rings is 1. The molecule has 118 valence electrons. The monoisotopic (exact) mass is 290 g/mol. The van der Waals surface area contributed by atoms with Crippen molar-refractivity contribution >= 4 is 0 Å². The van der Waals surface area contributed by atoms with Gasteiger partial charge in [-0.25, -0.2) is 0 Å². The zero-order chi connectivity index (χ0) is 15.0. The van der Waals surface area contributed by atoms with Crippen molar-refractivity contribution in [1.29, 1.82) is 0 Å². The molecular weight excluding hydrogens is 260 g/mol. The lowest BCUT2D eigenvalue weighted by Gasteiger charge is -2.49. The molecule has 0 radical (unpaired) electrons. The molecule has 0 amide bonds. The molecule has 3 heteroatoms. The number of rotatable bonds is 3. The highest BCUT2D eigenvalue weighted by Crippen LogP contribution is 2.38. The summed E-state index contributed by atoms with van der Waals surface area (Å²) in [4.78, 5) is 2.70. The summed E-state index contributed by atoms with van der Waals surface area (Å²) in [5, 5.41) is 3.90. The van der Waals surface area contributed by atoms with Gasteiger partial charge < -0.3 is 9.73 Å². The van der Waals surface area contributed by atoms with Gasteiger partial charge in [0.15, 0.2) is 0 Å². The van der Waals surface area contributed by atoms with Crippen molar-refractivity contribution in [3.8, 4) is 0 Å². The van der Waals surface area contributed by atoms with Crippen molar-refractivity contribution in [2.24, 2.45) is 5.92 Å². The molecule has 1 aromatic rings. The van der Waals surface area contributed by atoms with Crippen LogP contribution < -0.4 is 5.32 Å². The molecule has 2 fully saturated rings. The molecule has 3 rings (SSSR count). The fourth-order valence-corrected chi connectivity index (χ4v) is 4.23. The van der Waals surface area contributed by atoms with E-state index in [0.29, 0.717) is 23.5 Å². The highest BCUT2D eigenvalue weighted by molar-refractivity contribution is 5.12.